The van der Waals surface area contributed by atoms with Gasteiger partial charge in [-0.2, -0.15) is 4.31 Å². The van der Waals surface area contributed by atoms with Crippen molar-refractivity contribution < 1.29 is 12.8 Å². The number of benzene rings is 1. The summed E-state index contributed by atoms with van der Waals surface area (Å²) in [6, 6.07) is 2.35. The number of halogens is 2. The van der Waals surface area contributed by atoms with Crippen molar-refractivity contribution in [3.05, 3.63) is 23.0 Å². The molecule has 1 aliphatic rings. The van der Waals surface area contributed by atoms with Crippen molar-refractivity contribution in [3.63, 3.8) is 0 Å². The zero-order valence-corrected chi connectivity index (χ0v) is 12.7. The molecule has 0 aliphatic carbocycles. The molecule has 0 aromatic heterocycles. The van der Waals surface area contributed by atoms with Gasteiger partial charge in [0.15, 0.2) is 5.82 Å². The molecule has 0 atom stereocenters. The molecule has 1 saturated heterocycles. The molecule has 0 saturated carbocycles. The number of hydrogen-bond donors (Lipinski definition) is 1. The Hall–Kier alpha value is -0.850. The van der Waals surface area contributed by atoms with Crippen LogP contribution in [0.1, 0.15) is 32.1 Å². The molecule has 112 valence electrons. The van der Waals surface area contributed by atoms with Gasteiger partial charge in [0.2, 0.25) is 10.0 Å². The highest BCUT2D eigenvalue weighted by Crippen LogP contribution is 2.29. The lowest BCUT2D eigenvalue weighted by atomic mass is 10.1. The molecule has 2 rings (SSSR count). The van der Waals surface area contributed by atoms with Crippen molar-refractivity contribution in [2.45, 2.75) is 37.0 Å². The van der Waals surface area contributed by atoms with E-state index in [4.69, 9.17) is 17.3 Å². The van der Waals surface area contributed by atoms with Crippen LogP contribution in [0.15, 0.2) is 17.0 Å². The zero-order valence-electron chi connectivity index (χ0n) is 11.1. The molecule has 1 aliphatic heterocycles. The molecule has 1 heterocycles. The van der Waals surface area contributed by atoms with Crippen LogP contribution in [-0.2, 0) is 10.0 Å². The van der Waals surface area contributed by atoms with Crippen molar-refractivity contribution in [2.75, 3.05) is 18.8 Å². The maximum absolute atomic E-state index is 14.0. The van der Waals surface area contributed by atoms with Gasteiger partial charge in [0.25, 0.3) is 0 Å². The fraction of sp³-hybridized carbons (Fsp3) is 0.538. The Morgan fingerprint density at radius 2 is 1.65 bits per heavy atom. The summed E-state index contributed by atoms with van der Waals surface area (Å²) in [5, 5.41) is -0.268. The molecular weight excluding hydrogens is 303 g/mol. The highest BCUT2D eigenvalue weighted by atomic mass is 35.5. The quantitative estimate of drug-likeness (QED) is 0.852. The first kappa shape index (κ1) is 15.5. The summed E-state index contributed by atoms with van der Waals surface area (Å²) in [5.41, 5.74) is 5.72. The van der Waals surface area contributed by atoms with Crippen LogP contribution >= 0.6 is 11.6 Å². The molecule has 1 aromatic rings. The average molecular weight is 321 g/mol. The van der Waals surface area contributed by atoms with Gasteiger partial charge >= 0.3 is 0 Å². The third kappa shape index (κ3) is 3.24. The van der Waals surface area contributed by atoms with E-state index in [1.54, 1.807) is 0 Å². The van der Waals surface area contributed by atoms with Crippen LogP contribution in [-0.4, -0.2) is 25.8 Å². The smallest absolute Gasteiger partial charge is 0.246 e. The molecule has 0 amide bonds. The standard InChI is InChI=1S/C13H18ClFN2O2S/c14-11-8-10(16)9-12(13(11)15)20(18,19)17-6-4-2-1-3-5-7-17/h8-9H,1-7,16H2. The van der Waals surface area contributed by atoms with E-state index in [9.17, 15) is 12.8 Å². The summed E-state index contributed by atoms with van der Waals surface area (Å²) < 4.78 is 40.5. The van der Waals surface area contributed by atoms with Gasteiger partial charge in [-0.15, -0.1) is 0 Å². The fourth-order valence-corrected chi connectivity index (χ4v) is 4.29. The van der Waals surface area contributed by atoms with Gasteiger partial charge in [-0.1, -0.05) is 30.9 Å². The predicted octanol–water partition coefficient (Wildman–Crippen LogP) is 3.02. The summed E-state index contributed by atoms with van der Waals surface area (Å²) in [5.74, 6) is -0.928. The van der Waals surface area contributed by atoms with Crippen molar-refractivity contribution in [2.24, 2.45) is 0 Å². The van der Waals surface area contributed by atoms with E-state index >= 15 is 0 Å². The first-order valence-electron chi connectivity index (χ1n) is 6.67. The van der Waals surface area contributed by atoms with Gasteiger partial charge in [-0.3, -0.25) is 0 Å². The van der Waals surface area contributed by atoms with E-state index in [1.165, 1.54) is 10.4 Å². The van der Waals surface area contributed by atoms with Crippen LogP contribution in [0.25, 0.3) is 0 Å². The Kier molecular flexibility index (Phi) is 4.88. The summed E-state index contributed by atoms with van der Waals surface area (Å²) in [7, 11) is -3.88. The lowest BCUT2D eigenvalue weighted by molar-refractivity contribution is 0.362. The maximum atomic E-state index is 14.0. The topological polar surface area (TPSA) is 63.4 Å². The van der Waals surface area contributed by atoms with E-state index in [0.29, 0.717) is 13.1 Å². The number of nitrogen functional groups attached to an aromatic ring is 1. The zero-order chi connectivity index (χ0) is 14.8. The lowest BCUT2D eigenvalue weighted by Crippen LogP contribution is -2.34. The van der Waals surface area contributed by atoms with Crippen LogP contribution in [0.2, 0.25) is 5.02 Å². The van der Waals surface area contributed by atoms with Crippen molar-refractivity contribution in [1.29, 1.82) is 0 Å². The Bertz CT molecular complexity index is 584. The van der Waals surface area contributed by atoms with Gasteiger partial charge in [-0.05, 0) is 25.0 Å². The summed E-state index contributed by atoms with van der Waals surface area (Å²) >= 11 is 5.68. The Labute approximate surface area is 123 Å². The molecule has 1 fully saturated rings. The van der Waals surface area contributed by atoms with E-state index < -0.39 is 20.7 Å². The first-order chi connectivity index (χ1) is 9.43. The Morgan fingerprint density at radius 1 is 1.10 bits per heavy atom. The number of nitrogens with two attached hydrogens (primary N) is 1. The van der Waals surface area contributed by atoms with Crippen LogP contribution in [0.3, 0.4) is 0 Å². The first-order valence-corrected chi connectivity index (χ1v) is 8.49. The monoisotopic (exact) mass is 320 g/mol. The predicted molar refractivity (Wildman–Crippen MR) is 77.7 cm³/mol. The van der Waals surface area contributed by atoms with Crippen molar-refractivity contribution in [3.8, 4) is 0 Å². The fourth-order valence-electron chi connectivity index (χ4n) is 2.37. The number of rotatable bonds is 2. The van der Waals surface area contributed by atoms with Crippen LogP contribution in [0.5, 0.6) is 0 Å². The van der Waals surface area contributed by atoms with Crippen molar-refractivity contribution in [1.82, 2.24) is 4.31 Å². The van der Waals surface area contributed by atoms with Crippen LogP contribution in [0, 0.1) is 5.82 Å². The van der Waals surface area contributed by atoms with E-state index in [2.05, 4.69) is 0 Å². The Balaban J connectivity index is 2.38. The van der Waals surface area contributed by atoms with Gasteiger partial charge in [0.1, 0.15) is 4.90 Å². The molecule has 1 aromatic carbocycles. The molecule has 0 radical (unpaired) electrons. The molecule has 2 N–H and O–H groups in total. The molecule has 0 spiro atoms. The third-order valence-corrected chi connectivity index (χ3v) is 5.62. The largest absolute Gasteiger partial charge is 0.399 e. The Morgan fingerprint density at radius 3 is 2.25 bits per heavy atom. The van der Waals surface area contributed by atoms with E-state index in [1.807, 2.05) is 0 Å². The second-order valence-electron chi connectivity index (χ2n) is 4.99. The van der Waals surface area contributed by atoms with Crippen LogP contribution in [0.4, 0.5) is 10.1 Å². The number of nitrogens with zero attached hydrogens (tertiary/aromatic N) is 1. The summed E-state index contributed by atoms with van der Waals surface area (Å²) in [6.45, 7) is 0.822. The van der Waals surface area contributed by atoms with Crippen LogP contribution < -0.4 is 5.73 Å². The second kappa shape index (κ2) is 6.28. The normalized spacial score (nSPS) is 18.5. The average Bonchev–Trinajstić information content (AvgIpc) is 2.32. The van der Waals surface area contributed by atoms with E-state index in [-0.39, 0.29) is 10.7 Å². The molecule has 0 bridgehead atoms. The highest BCUT2D eigenvalue weighted by molar-refractivity contribution is 7.89. The lowest BCUT2D eigenvalue weighted by Gasteiger charge is -2.24. The minimum Gasteiger partial charge on any atom is -0.399 e. The third-order valence-electron chi connectivity index (χ3n) is 3.45. The summed E-state index contributed by atoms with van der Waals surface area (Å²) in [4.78, 5) is -0.428. The van der Waals surface area contributed by atoms with Gasteiger partial charge in [-0.25, -0.2) is 12.8 Å². The number of anilines is 1. The minimum atomic E-state index is -3.88. The number of hydrogen-bond acceptors (Lipinski definition) is 3. The minimum absolute atomic E-state index is 0.141. The molecule has 20 heavy (non-hydrogen) atoms. The molecule has 7 heteroatoms. The second-order valence-corrected chi connectivity index (χ2v) is 7.30. The summed E-state index contributed by atoms with van der Waals surface area (Å²) in [6.07, 6.45) is 4.68. The highest BCUT2D eigenvalue weighted by Gasteiger charge is 2.29. The van der Waals surface area contributed by atoms with Crippen molar-refractivity contribution >= 4 is 27.3 Å². The molecular formula is C13H18ClFN2O2S. The number of sulfonamides is 1. The molecule has 0 unspecified atom stereocenters. The molecule has 4 nitrogen and oxygen atoms in total. The van der Waals surface area contributed by atoms with Gasteiger partial charge in [0.05, 0.1) is 5.02 Å². The SMILES string of the molecule is Nc1cc(Cl)c(F)c(S(=O)(=O)N2CCCCCCC2)c1. The van der Waals surface area contributed by atoms with Gasteiger partial charge in [0, 0.05) is 18.8 Å². The van der Waals surface area contributed by atoms with E-state index in [0.717, 1.165) is 38.2 Å². The van der Waals surface area contributed by atoms with Gasteiger partial charge < -0.3 is 5.73 Å². The maximum Gasteiger partial charge on any atom is 0.246 e.